The van der Waals surface area contributed by atoms with Gasteiger partial charge in [-0.15, -0.1) is 11.3 Å². The van der Waals surface area contributed by atoms with Crippen molar-refractivity contribution in [2.45, 2.75) is 6.54 Å². The highest BCUT2D eigenvalue weighted by atomic mass is 32.1. The van der Waals surface area contributed by atoms with E-state index < -0.39 is 0 Å². The molecule has 0 atom stereocenters. The van der Waals surface area contributed by atoms with Crippen LogP contribution < -0.4 is 0 Å². The number of benzene rings is 2. The third kappa shape index (κ3) is 2.32. The van der Waals surface area contributed by atoms with Gasteiger partial charge in [-0.2, -0.15) is 0 Å². The van der Waals surface area contributed by atoms with E-state index in [0.29, 0.717) is 27.4 Å². The van der Waals surface area contributed by atoms with Gasteiger partial charge < -0.3 is 0 Å². The first-order valence-corrected chi connectivity index (χ1v) is 8.17. The molecule has 6 heteroatoms. The van der Waals surface area contributed by atoms with E-state index in [-0.39, 0.29) is 24.2 Å². The Bertz CT molecular complexity index is 932. The number of fused-ring (bicyclic) bond motifs is 1. The van der Waals surface area contributed by atoms with Crippen LogP contribution in [0.25, 0.3) is 10.6 Å². The van der Waals surface area contributed by atoms with Crippen LogP contribution >= 0.6 is 11.3 Å². The Kier molecular flexibility index (Phi) is 3.46. The fourth-order valence-electron chi connectivity index (χ4n) is 2.68. The Labute approximate surface area is 141 Å². The van der Waals surface area contributed by atoms with Crippen LogP contribution in [0.5, 0.6) is 0 Å². The summed E-state index contributed by atoms with van der Waals surface area (Å²) in [5, 5.41) is 2.27. The lowest BCUT2D eigenvalue weighted by molar-refractivity contribution is 0.0640. The molecule has 0 unspecified atom stereocenters. The van der Waals surface area contributed by atoms with E-state index in [1.54, 1.807) is 47.8 Å². The van der Waals surface area contributed by atoms with E-state index in [9.17, 15) is 14.0 Å². The molecule has 24 heavy (non-hydrogen) atoms. The summed E-state index contributed by atoms with van der Waals surface area (Å²) in [5.41, 5.74) is 1.79. The Morgan fingerprint density at radius 2 is 1.50 bits per heavy atom. The van der Waals surface area contributed by atoms with Crippen LogP contribution in [0.2, 0.25) is 0 Å². The van der Waals surface area contributed by atoms with E-state index in [4.69, 9.17) is 0 Å². The average molecular weight is 338 g/mol. The van der Waals surface area contributed by atoms with Gasteiger partial charge in [-0.1, -0.05) is 24.3 Å². The van der Waals surface area contributed by atoms with Crippen LogP contribution in [0.15, 0.2) is 53.9 Å². The monoisotopic (exact) mass is 338 g/mol. The molecule has 2 aromatic carbocycles. The van der Waals surface area contributed by atoms with E-state index in [0.717, 1.165) is 0 Å². The van der Waals surface area contributed by atoms with Crippen LogP contribution in [-0.2, 0) is 6.54 Å². The Hall–Kier alpha value is -2.86. The molecule has 0 saturated carbocycles. The molecule has 2 amide bonds. The molecule has 2 heterocycles. The fraction of sp³-hybridized carbons (Fsp3) is 0.0556. The molecule has 1 aromatic heterocycles. The lowest BCUT2D eigenvalue weighted by Gasteiger charge is -2.11. The Balaban J connectivity index is 1.61. The van der Waals surface area contributed by atoms with Gasteiger partial charge in [0.25, 0.3) is 11.8 Å². The average Bonchev–Trinajstić information content (AvgIpc) is 3.15. The van der Waals surface area contributed by atoms with Crippen LogP contribution in [-0.4, -0.2) is 21.7 Å². The molecule has 0 fully saturated rings. The number of carbonyl (C=O) groups is 2. The Morgan fingerprint density at radius 1 is 0.917 bits per heavy atom. The zero-order valence-corrected chi connectivity index (χ0v) is 13.2. The number of thiazole rings is 1. The highest BCUT2D eigenvalue weighted by Crippen LogP contribution is 2.28. The van der Waals surface area contributed by atoms with Gasteiger partial charge in [0.05, 0.1) is 23.4 Å². The normalized spacial score (nSPS) is 13.5. The van der Waals surface area contributed by atoms with Gasteiger partial charge in [0, 0.05) is 10.9 Å². The van der Waals surface area contributed by atoms with Crippen molar-refractivity contribution >= 4 is 23.2 Å². The van der Waals surface area contributed by atoms with Gasteiger partial charge in [0.1, 0.15) is 10.8 Å². The van der Waals surface area contributed by atoms with Gasteiger partial charge in [-0.3, -0.25) is 14.5 Å². The minimum absolute atomic E-state index is 0.0807. The van der Waals surface area contributed by atoms with Gasteiger partial charge in [-0.25, -0.2) is 9.37 Å². The molecule has 0 spiro atoms. The maximum absolute atomic E-state index is 13.8. The zero-order chi connectivity index (χ0) is 16.7. The third-order valence-corrected chi connectivity index (χ3v) is 4.78. The van der Waals surface area contributed by atoms with E-state index in [2.05, 4.69) is 4.98 Å². The zero-order valence-electron chi connectivity index (χ0n) is 12.4. The summed E-state index contributed by atoms with van der Waals surface area (Å²) in [4.78, 5) is 30.3. The van der Waals surface area contributed by atoms with Crippen molar-refractivity contribution in [2.24, 2.45) is 0 Å². The summed E-state index contributed by atoms with van der Waals surface area (Å²) in [7, 11) is 0. The number of hydrogen-bond acceptors (Lipinski definition) is 4. The second kappa shape index (κ2) is 5.65. The molecule has 0 bridgehead atoms. The number of imide groups is 1. The first kappa shape index (κ1) is 14.7. The van der Waals surface area contributed by atoms with Crippen molar-refractivity contribution in [3.05, 3.63) is 76.5 Å². The molecule has 4 nitrogen and oxygen atoms in total. The van der Waals surface area contributed by atoms with Gasteiger partial charge in [-0.05, 0) is 24.3 Å². The molecule has 3 aromatic rings. The van der Waals surface area contributed by atoms with Crippen LogP contribution in [0, 0.1) is 5.82 Å². The second-order valence-corrected chi connectivity index (χ2v) is 6.22. The maximum atomic E-state index is 13.8. The number of nitrogens with zero attached hydrogens (tertiary/aromatic N) is 2. The molecular formula is C18H11FN2O2S. The predicted molar refractivity (Wildman–Crippen MR) is 88.2 cm³/mol. The molecule has 4 rings (SSSR count). The standard InChI is InChI=1S/C18H11FN2O2S/c19-15-8-4-3-7-14(15)16-20-11(10-24-16)9-21-17(22)12-5-1-2-6-13(12)18(21)23/h1-8,10H,9H2. The first-order chi connectivity index (χ1) is 11.6. The summed E-state index contributed by atoms with van der Waals surface area (Å²) in [6, 6.07) is 13.1. The van der Waals surface area contributed by atoms with E-state index in [1.165, 1.54) is 22.3 Å². The van der Waals surface area contributed by atoms with Gasteiger partial charge in [0.2, 0.25) is 0 Å². The number of halogens is 1. The number of rotatable bonds is 3. The minimum Gasteiger partial charge on any atom is -0.269 e. The number of hydrogen-bond donors (Lipinski definition) is 0. The summed E-state index contributed by atoms with van der Waals surface area (Å²) in [6.45, 7) is 0.0807. The third-order valence-electron chi connectivity index (χ3n) is 3.85. The molecule has 0 saturated heterocycles. The van der Waals surface area contributed by atoms with Crippen LogP contribution in [0.3, 0.4) is 0 Å². The van der Waals surface area contributed by atoms with Crippen LogP contribution in [0.1, 0.15) is 26.4 Å². The number of amides is 2. The first-order valence-electron chi connectivity index (χ1n) is 7.29. The summed E-state index contributed by atoms with van der Waals surface area (Å²) in [5.74, 6) is -0.994. The lowest BCUT2D eigenvalue weighted by Crippen LogP contribution is -2.29. The van der Waals surface area contributed by atoms with Crippen molar-refractivity contribution in [3.8, 4) is 10.6 Å². The SMILES string of the molecule is O=C1c2ccccc2C(=O)N1Cc1csc(-c2ccccc2F)n1. The summed E-state index contributed by atoms with van der Waals surface area (Å²) < 4.78 is 13.8. The van der Waals surface area contributed by atoms with E-state index >= 15 is 0 Å². The smallest absolute Gasteiger partial charge is 0.261 e. The number of carbonyl (C=O) groups excluding carboxylic acids is 2. The molecule has 1 aliphatic rings. The van der Waals surface area contributed by atoms with E-state index in [1.807, 2.05) is 0 Å². The van der Waals surface area contributed by atoms with Gasteiger partial charge in [0.15, 0.2) is 0 Å². The van der Waals surface area contributed by atoms with Crippen molar-refractivity contribution < 1.29 is 14.0 Å². The molecular weight excluding hydrogens is 327 g/mol. The lowest BCUT2D eigenvalue weighted by atomic mass is 10.1. The van der Waals surface area contributed by atoms with Crippen molar-refractivity contribution in [3.63, 3.8) is 0 Å². The largest absolute Gasteiger partial charge is 0.269 e. The maximum Gasteiger partial charge on any atom is 0.261 e. The fourth-order valence-corrected chi connectivity index (χ4v) is 3.52. The summed E-state index contributed by atoms with van der Waals surface area (Å²) >= 11 is 1.29. The molecule has 0 aliphatic carbocycles. The molecule has 118 valence electrons. The highest BCUT2D eigenvalue weighted by molar-refractivity contribution is 7.13. The van der Waals surface area contributed by atoms with Crippen LogP contribution in [0.4, 0.5) is 4.39 Å². The van der Waals surface area contributed by atoms with Crippen molar-refractivity contribution in [2.75, 3.05) is 0 Å². The quantitative estimate of drug-likeness (QED) is 0.684. The Morgan fingerprint density at radius 3 is 2.12 bits per heavy atom. The van der Waals surface area contributed by atoms with Gasteiger partial charge >= 0.3 is 0 Å². The van der Waals surface area contributed by atoms with Crippen molar-refractivity contribution in [1.82, 2.24) is 9.88 Å². The molecule has 0 N–H and O–H groups in total. The second-order valence-electron chi connectivity index (χ2n) is 5.37. The number of aromatic nitrogens is 1. The highest BCUT2D eigenvalue weighted by Gasteiger charge is 2.35. The summed E-state index contributed by atoms with van der Waals surface area (Å²) in [6.07, 6.45) is 0. The molecule has 1 aliphatic heterocycles. The topological polar surface area (TPSA) is 50.3 Å². The molecule has 0 radical (unpaired) electrons. The predicted octanol–water partition coefficient (Wildman–Crippen LogP) is 3.75. The van der Waals surface area contributed by atoms with Crippen molar-refractivity contribution in [1.29, 1.82) is 0 Å². The minimum atomic E-state index is -0.348.